The SMILES string of the molecule is CC(C)CCC(O)CC(=O)O. The number of carboxylic acids is 1. The second kappa shape index (κ2) is 5.13. The van der Waals surface area contributed by atoms with E-state index in [9.17, 15) is 4.79 Å². The molecule has 0 fully saturated rings. The average Bonchev–Trinajstić information content (AvgIpc) is 1.82. The Morgan fingerprint density at radius 2 is 1.91 bits per heavy atom. The molecule has 0 aromatic heterocycles. The number of hydrogen-bond acceptors (Lipinski definition) is 2. The molecule has 0 aliphatic carbocycles. The van der Waals surface area contributed by atoms with Gasteiger partial charge in [0.1, 0.15) is 0 Å². The van der Waals surface area contributed by atoms with Gasteiger partial charge in [0.2, 0.25) is 0 Å². The zero-order chi connectivity index (χ0) is 8.85. The van der Waals surface area contributed by atoms with E-state index in [4.69, 9.17) is 10.2 Å². The van der Waals surface area contributed by atoms with Gasteiger partial charge in [-0.15, -0.1) is 0 Å². The van der Waals surface area contributed by atoms with Gasteiger partial charge in [-0.2, -0.15) is 0 Å². The molecule has 0 aliphatic heterocycles. The van der Waals surface area contributed by atoms with Gasteiger partial charge in [-0.25, -0.2) is 0 Å². The highest BCUT2D eigenvalue weighted by atomic mass is 16.4. The molecule has 0 aliphatic rings. The van der Waals surface area contributed by atoms with Crippen molar-refractivity contribution in [2.75, 3.05) is 0 Å². The highest BCUT2D eigenvalue weighted by Gasteiger charge is 2.09. The number of rotatable bonds is 5. The quantitative estimate of drug-likeness (QED) is 0.636. The van der Waals surface area contributed by atoms with Gasteiger partial charge in [-0.3, -0.25) is 4.79 Å². The fraction of sp³-hybridized carbons (Fsp3) is 0.875. The van der Waals surface area contributed by atoms with E-state index in [2.05, 4.69) is 0 Å². The van der Waals surface area contributed by atoms with Crippen LogP contribution >= 0.6 is 0 Å². The fourth-order valence-corrected chi connectivity index (χ4v) is 0.829. The number of hydrogen-bond donors (Lipinski definition) is 2. The zero-order valence-corrected chi connectivity index (χ0v) is 7.08. The number of aliphatic hydroxyl groups is 1. The monoisotopic (exact) mass is 160 g/mol. The third kappa shape index (κ3) is 7.33. The van der Waals surface area contributed by atoms with Crippen LogP contribution in [0.4, 0.5) is 0 Å². The van der Waals surface area contributed by atoms with Gasteiger partial charge < -0.3 is 10.2 Å². The van der Waals surface area contributed by atoms with Gasteiger partial charge >= 0.3 is 5.97 Å². The first-order valence-corrected chi connectivity index (χ1v) is 3.92. The van der Waals surface area contributed by atoms with Crippen LogP contribution in [0.1, 0.15) is 33.1 Å². The van der Waals surface area contributed by atoms with Crippen molar-refractivity contribution in [3.8, 4) is 0 Å². The highest BCUT2D eigenvalue weighted by molar-refractivity contribution is 5.67. The smallest absolute Gasteiger partial charge is 0.305 e. The third-order valence-corrected chi connectivity index (χ3v) is 1.49. The first-order valence-electron chi connectivity index (χ1n) is 3.92. The standard InChI is InChI=1S/C8H16O3/c1-6(2)3-4-7(9)5-8(10)11/h6-7,9H,3-5H2,1-2H3,(H,10,11). The first kappa shape index (κ1) is 10.4. The van der Waals surface area contributed by atoms with Crippen molar-refractivity contribution < 1.29 is 15.0 Å². The molecule has 0 radical (unpaired) electrons. The van der Waals surface area contributed by atoms with E-state index in [0.29, 0.717) is 12.3 Å². The summed E-state index contributed by atoms with van der Waals surface area (Å²) in [5.74, 6) is -0.403. The summed E-state index contributed by atoms with van der Waals surface area (Å²) in [5, 5.41) is 17.4. The summed E-state index contributed by atoms with van der Waals surface area (Å²) >= 11 is 0. The molecule has 3 heteroatoms. The Morgan fingerprint density at radius 1 is 1.36 bits per heavy atom. The van der Waals surface area contributed by atoms with Gasteiger partial charge in [-0.1, -0.05) is 13.8 Å². The maximum atomic E-state index is 10.1. The zero-order valence-electron chi connectivity index (χ0n) is 7.08. The molecule has 1 unspecified atom stereocenters. The molecule has 0 saturated carbocycles. The number of carboxylic acid groups (broad SMARTS) is 1. The van der Waals surface area contributed by atoms with E-state index in [1.54, 1.807) is 0 Å². The van der Waals surface area contributed by atoms with Crippen molar-refractivity contribution in [1.29, 1.82) is 0 Å². The van der Waals surface area contributed by atoms with Gasteiger partial charge in [0, 0.05) is 0 Å². The predicted octanol–water partition coefficient (Wildman–Crippen LogP) is 1.26. The van der Waals surface area contributed by atoms with Crippen molar-refractivity contribution in [1.82, 2.24) is 0 Å². The number of carbonyl (C=O) groups is 1. The summed E-state index contributed by atoms with van der Waals surface area (Å²) in [6.45, 7) is 4.10. The second-order valence-electron chi connectivity index (χ2n) is 3.22. The first-order chi connectivity index (χ1) is 5.02. The fourth-order valence-electron chi connectivity index (χ4n) is 0.829. The lowest BCUT2D eigenvalue weighted by Crippen LogP contribution is -2.13. The van der Waals surface area contributed by atoms with E-state index >= 15 is 0 Å². The Kier molecular flexibility index (Phi) is 4.86. The van der Waals surface area contributed by atoms with E-state index < -0.39 is 12.1 Å². The highest BCUT2D eigenvalue weighted by Crippen LogP contribution is 2.08. The summed E-state index contributed by atoms with van der Waals surface area (Å²) in [6, 6.07) is 0. The van der Waals surface area contributed by atoms with Crippen LogP contribution in [0.15, 0.2) is 0 Å². The Labute approximate surface area is 67.0 Å². The lowest BCUT2D eigenvalue weighted by molar-refractivity contribution is -0.139. The summed E-state index contributed by atoms with van der Waals surface area (Å²) in [6.07, 6.45) is 0.667. The van der Waals surface area contributed by atoms with Gasteiger partial charge in [0.25, 0.3) is 0 Å². The maximum absolute atomic E-state index is 10.1. The van der Waals surface area contributed by atoms with E-state index in [1.807, 2.05) is 13.8 Å². The molecule has 11 heavy (non-hydrogen) atoms. The average molecular weight is 160 g/mol. The lowest BCUT2D eigenvalue weighted by Gasteiger charge is -2.08. The van der Waals surface area contributed by atoms with Crippen molar-refractivity contribution in [2.45, 2.75) is 39.2 Å². The molecule has 0 aromatic carbocycles. The van der Waals surface area contributed by atoms with Crippen LogP contribution < -0.4 is 0 Å². The molecule has 66 valence electrons. The third-order valence-electron chi connectivity index (χ3n) is 1.49. The molecule has 2 N–H and O–H groups in total. The normalized spacial score (nSPS) is 13.5. The maximum Gasteiger partial charge on any atom is 0.305 e. The van der Waals surface area contributed by atoms with Crippen molar-refractivity contribution in [3.63, 3.8) is 0 Å². The minimum absolute atomic E-state index is 0.132. The van der Waals surface area contributed by atoms with Crippen LogP contribution in [-0.2, 0) is 4.79 Å². The summed E-state index contributed by atoms with van der Waals surface area (Å²) in [5.41, 5.74) is 0. The molecule has 0 saturated heterocycles. The molecule has 0 spiro atoms. The van der Waals surface area contributed by atoms with Gasteiger partial charge in [0.05, 0.1) is 12.5 Å². The summed E-state index contributed by atoms with van der Waals surface area (Å²) < 4.78 is 0. The predicted molar refractivity (Wildman–Crippen MR) is 42.3 cm³/mol. The molecule has 0 heterocycles. The van der Waals surface area contributed by atoms with Crippen LogP contribution in [0.25, 0.3) is 0 Å². The molecule has 1 atom stereocenters. The van der Waals surface area contributed by atoms with Gasteiger partial charge in [0.15, 0.2) is 0 Å². The number of aliphatic carboxylic acids is 1. The van der Waals surface area contributed by atoms with E-state index in [0.717, 1.165) is 6.42 Å². The van der Waals surface area contributed by atoms with Gasteiger partial charge in [-0.05, 0) is 18.8 Å². The van der Waals surface area contributed by atoms with Crippen LogP contribution in [-0.4, -0.2) is 22.3 Å². The molecule has 0 rings (SSSR count). The Morgan fingerprint density at radius 3 is 2.27 bits per heavy atom. The molecule has 0 amide bonds. The number of aliphatic hydroxyl groups excluding tert-OH is 1. The largest absolute Gasteiger partial charge is 0.481 e. The molecule has 0 aromatic rings. The van der Waals surface area contributed by atoms with Crippen molar-refractivity contribution >= 4 is 5.97 Å². The Balaban J connectivity index is 3.37. The second-order valence-corrected chi connectivity index (χ2v) is 3.22. The lowest BCUT2D eigenvalue weighted by atomic mass is 10.0. The minimum Gasteiger partial charge on any atom is -0.481 e. The van der Waals surface area contributed by atoms with E-state index in [1.165, 1.54) is 0 Å². The van der Waals surface area contributed by atoms with Crippen LogP contribution in [0.3, 0.4) is 0 Å². The Bertz CT molecular complexity index is 121. The molecular formula is C8H16O3. The summed E-state index contributed by atoms with van der Waals surface area (Å²) in [4.78, 5) is 10.1. The minimum atomic E-state index is -0.929. The molecule has 0 bridgehead atoms. The van der Waals surface area contributed by atoms with Crippen molar-refractivity contribution in [3.05, 3.63) is 0 Å². The van der Waals surface area contributed by atoms with Crippen molar-refractivity contribution in [2.24, 2.45) is 5.92 Å². The molecule has 3 nitrogen and oxygen atoms in total. The van der Waals surface area contributed by atoms with Crippen LogP contribution in [0, 0.1) is 5.92 Å². The van der Waals surface area contributed by atoms with Crippen LogP contribution in [0.2, 0.25) is 0 Å². The topological polar surface area (TPSA) is 57.5 Å². The molecular weight excluding hydrogens is 144 g/mol. The Hall–Kier alpha value is -0.570. The van der Waals surface area contributed by atoms with E-state index in [-0.39, 0.29) is 6.42 Å². The summed E-state index contributed by atoms with van der Waals surface area (Å²) in [7, 11) is 0. The van der Waals surface area contributed by atoms with Crippen LogP contribution in [0.5, 0.6) is 0 Å².